The summed E-state index contributed by atoms with van der Waals surface area (Å²) in [4.78, 5) is 1.66. The van der Waals surface area contributed by atoms with E-state index in [1.54, 1.807) is 12.1 Å². The van der Waals surface area contributed by atoms with Gasteiger partial charge in [-0.05, 0) is 60.5 Å². The molecular formula is C18H13ClN2O2S2. The summed E-state index contributed by atoms with van der Waals surface area (Å²) >= 11 is 7.18. The van der Waals surface area contributed by atoms with Crippen LogP contribution in [0.4, 0.5) is 5.69 Å². The summed E-state index contributed by atoms with van der Waals surface area (Å²) < 4.78 is 27.8. The Morgan fingerprint density at radius 1 is 1.08 bits per heavy atom. The predicted molar refractivity (Wildman–Crippen MR) is 101 cm³/mol. The van der Waals surface area contributed by atoms with Gasteiger partial charge < -0.3 is 0 Å². The molecular weight excluding hydrogens is 376 g/mol. The zero-order chi connectivity index (χ0) is 18.0. The van der Waals surface area contributed by atoms with E-state index in [1.807, 2.05) is 25.1 Å². The summed E-state index contributed by atoms with van der Waals surface area (Å²) in [6.45, 7) is 1.83. The van der Waals surface area contributed by atoms with Crippen molar-refractivity contribution in [1.82, 2.24) is 0 Å². The van der Waals surface area contributed by atoms with E-state index in [9.17, 15) is 8.42 Å². The number of nitriles is 1. The number of thiophene rings is 1. The van der Waals surface area contributed by atoms with E-state index < -0.39 is 10.0 Å². The maximum atomic E-state index is 12.6. The lowest BCUT2D eigenvalue weighted by atomic mass is 10.1. The lowest BCUT2D eigenvalue weighted by molar-refractivity contribution is 0.601. The Balaban J connectivity index is 1.95. The monoisotopic (exact) mass is 388 g/mol. The molecule has 0 fully saturated rings. The van der Waals surface area contributed by atoms with Gasteiger partial charge in [0.2, 0.25) is 0 Å². The highest BCUT2D eigenvalue weighted by Crippen LogP contribution is 2.31. The van der Waals surface area contributed by atoms with Gasteiger partial charge >= 0.3 is 0 Å². The first-order valence-corrected chi connectivity index (χ1v) is 9.96. The smallest absolute Gasteiger partial charge is 0.261 e. The van der Waals surface area contributed by atoms with E-state index in [1.165, 1.54) is 35.6 Å². The fourth-order valence-electron chi connectivity index (χ4n) is 2.26. The molecule has 0 atom stereocenters. The zero-order valence-electron chi connectivity index (χ0n) is 13.2. The molecule has 4 nitrogen and oxygen atoms in total. The summed E-state index contributed by atoms with van der Waals surface area (Å²) in [6.07, 6.45) is 0. The van der Waals surface area contributed by atoms with Crippen molar-refractivity contribution in [3.8, 4) is 16.5 Å². The maximum absolute atomic E-state index is 12.6. The van der Waals surface area contributed by atoms with Gasteiger partial charge in [-0.25, -0.2) is 8.42 Å². The minimum absolute atomic E-state index is 0.143. The van der Waals surface area contributed by atoms with Crippen molar-refractivity contribution in [2.45, 2.75) is 11.8 Å². The first kappa shape index (κ1) is 17.5. The van der Waals surface area contributed by atoms with Gasteiger partial charge in [-0.1, -0.05) is 23.7 Å². The fraction of sp³-hybridized carbons (Fsp3) is 0.0556. The standard InChI is InChI=1S/C18H13ClN2O2S2/c1-12-2-3-13(18-9-6-15(11-20)24-18)10-17(12)21-25(22,23)16-7-4-14(19)5-8-16/h2-10,21H,1H3. The van der Waals surface area contributed by atoms with Crippen LogP contribution < -0.4 is 4.72 Å². The number of sulfonamides is 1. The predicted octanol–water partition coefficient (Wildman–Crippen LogP) is 5.05. The number of aryl methyl sites for hydroxylation is 1. The average molecular weight is 389 g/mol. The van der Waals surface area contributed by atoms with Crippen molar-refractivity contribution in [2.24, 2.45) is 0 Å². The van der Waals surface area contributed by atoms with E-state index in [0.29, 0.717) is 15.6 Å². The highest BCUT2D eigenvalue weighted by Gasteiger charge is 2.16. The highest BCUT2D eigenvalue weighted by atomic mass is 35.5. The van der Waals surface area contributed by atoms with Crippen molar-refractivity contribution in [3.05, 3.63) is 70.1 Å². The molecule has 0 saturated heterocycles. The molecule has 0 radical (unpaired) electrons. The van der Waals surface area contributed by atoms with Gasteiger partial charge in [0.05, 0.1) is 10.6 Å². The van der Waals surface area contributed by atoms with Gasteiger partial charge in [0.25, 0.3) is 10.0 Å². The Morgan fingerprint density at radius 2 is 1.80 bits per heavy atom. The number of hydrogen-bond donors (Lipinski definition) is 1. The summed E-state index contributed by atoms with van der Waals surface area (Å²) in [5, 5.41) is 9.43. The van der Waals surface area contributed by atoms with Crippen LogP contribution in [0.15, 0.2) is 59.5 Å². The Kier molecular flexibility index (Phi) is 4.82. The lowest BCUT2D eigenvalue weighted by Crippen LogP contribution is -2.13. The number of anilines is 1. The van der Waals surface area contributed by atoms with Gasteiger partial charge in [-0.3, -0.25) is 4.72 Å². The minimum atomic E-state index is -3.71. The number of hydrogen-bond acceptors (Lipinski definition) is 4. The second-order valence-electron chi connectivity index (χ2n) is 5.36. The van der Waals surface area contributed by atoms with Crippen molar-refractivity contribution >= 4 is 38.6 Å². The Bertz CT molecular complexity index is 1070. The third-order valence-electron chi connectivity index (χ3n) is 3.61. The molecule has 1 heterocycles. The van der Waals surface area contributed by atoms with E-state index in [0.717, 1.165) is 16.0 Å². The number of rotatable bonds is 4. The van der Waals surface area contributed by atoms with Crippen molar-refractivity contribution < 1.29 is 8.42 Å². The first-order chi connectivity index (χ1) is 11.9. The van der Waals surface area contributed by atoms with Crippen LogP contribution >= 0.6 is 22.9 Å². The van der Waals surface area contributed by atoms with Crippen LogP contribution in [0.3, 0.4) is 0 Å². The van der Waals surface area contributed by atoms with Crippen LogP contribution in [0.5, 0.6) is 0 Å². The summed E-state index contributed by atoms with van der Waals surface area (Å²) in [6, 6.07) is 17.2. The molecule has 2 aromatic carbocycles. The zero-order valence-corrected chi connectivity index (χ0v) is 15.5. The summed E-state index contributed by atoms with van der Waals surface area (Å²) in [7, 11) is -3.71. The van der Waals surface area contributed by atoms with E-state index in [-0.39, 0.29) is 4.90 Å². The number of halogens is 1. The fourth-order valence-corrected chi connectivity index (χ4v) is 4.30. The molecule has 1 N–H and O–H groups in total. The second kappa shape index (κ2) is 6.89. The normalized spacial score (nSPS) is 11.1. The molecule has 1 aromatic heterocycles. The molecule has 0 saturated carbocycles. The average Bonchev–Trinajstić information content (AvgIpc) is 3.06. The lowest BCUT2D eigenvalue weighted by Gasteiger charge is -2.12. The molecule has 7 heteroatoms. The van der Waals surface area contributed by atoms with Crippen LogP contribution in [0, 0.1) is 18.3 Å². The molecule has 0 aliphatic heterocycles. The van der Waals surface area contributed by atoms with Gasteiger partial charge in [-0.2, -0.15) is 5.26 Å². The van der Waals surface area contributed by atoms with E-state index >= 15 is 0 Å². The van der Waals surface area contributed by atoms with Crippen LogP contribution in [0.25, 0.3) is 10.4 Å². The van der Waals surface area contributed by atoms with Gasteiger partial charge in [-0.15, -0.1) is 11.3 Å². The molecule has 3 aromatic rings. The molecule has 0 aliphatic carbocycles. The van der Waals surface area contributed by atoms with Crippen molar-refractivity contribution in [3.63, 3.8) is 0 Å². The second-order valence-corrected chi connectivity index (χ2v) is 8.57. The van der Waals surface area contributed by atoms with Gasteiger partial charge in [0.1, 0.15) is 10.9 Å². The third-order valence-corrected chi connectivity index (χ3v) is 6.28. The van der Waals surface area contributed by atoms with Crippen LogP contribution in [0.2, 0.25) is 5.02 Å². The summed E-state index contributed by atoms with van der Waals surface area (Å²) in [5.74, 6) is 0. The Morgan fingerprint density at radius 3 is 2.44 bits per heavy atom. The van der Waals surface area contributed by atoms with Crippen LogP contribution in [-0.4, -0.2) is 8.42 Å². The van der Waals surface area contributed by atoms with Crippen molar-refractivity contribution in [1.29, 1.82) is 5.26 Å². The maximum Gasteiger partial charge on any atom is 0.261 e. The third kappa shape index (κ3) is 3.85. The first-order valence-electron chi connectivity index (χ1n) is 7.28. The Hall–Kier alpha value is -2.33. The number of nitrogens with zero attached hydrogens (tertiary/aromatic N) is 1. The largest absolute Gasteiger partial charge is 0.279 e. The van der Waals surface area contributed by atoms with Gasteiger partial charge in [0, 0.05) is 9.90 Å². The van der Waals surface area contributed by atoms with Crippen LogP contribution in [-0.2, 0) is 10.0 Å². The Labute approximate surface area is 155 Å². The van der Waals surface area contributed by atoms with Crippen LogP contribution in [0.1, 0.15) is 10.4 Å². The molecule has 0 spiro atoms. The molecule has 0 aliphatic rings. The quantitative estimate of drug-likeness (QED) is 0.679. The molecule has 0 bridgehead atoms. The molecule has 3 rings (SSSR count). The minimum Gasteiger partial charge on any atom is -0.279 e. The van der Waals surface area contributed by atoms with Crippen molar-refractivity contribution in [2.75, 3.05) is 4.72 Å². The summed E-state index contributed by atoms with van der Waals surface area (Å²) in [5.41, 5.74) is 2.16. The molecule has 0 unspecified atom stereocenters. The molecule has 126 valence electrons. The topological polar surface area (TPSA) is 70.0 Å². The SMILES string of the molecule is Cc1ccc(-c2ccc(C#N)s2)cc1NS(=O)(=O)c1ccc(Cl)cc1. The van der Waals surface area contributed by atoms with E-state index in [2.05, 4.69) is 10.8 Å². The van der Waals surface area contributed by atoms with E-state index in [4.69, 9.17) is 16.9 Å². The van der Waals surface area contributed by atoms with Gasteiger partial charge in [0.15, 0.2) is 0 Å². The number of benzene rings is 2. The molecule has 25 heavy (non-hydrogen) atoms. The highest BCUT2D eigenvalue weighted by molar-refractivity contribution is 7.92. The number of nitrogens with one attached hydrogen (secondary N) is 1. The molecule has 0 amide bonds.